The number of rotatable bonds is 6. The second-order valence-electron chi connectivity index (χ2n) is 10.4. The van der Waals surface area contributed by atoms with E-state index in [1.807, 2.05) is 23.8 Å². The Morgan fingerprint density at radius 1 is 1.03 bits per heavy atom. The average Bonchev–Trinajstić information content (AvgIpc) is 3.57. The van der Waals surface area contributed by atoms with Crippen LogP contribution in [0.25, 0.3) is 0 Å². The SMILES string of the molecule is Cc1nc(C2CCCCN2CC(=O)N(C)C2CCCCC2)nc2c1CC(=O)N2CC1CC1. The number of nitrogens with zero attached hydrogens (tertiary/aromatic N) is 5. The molecule has 1 atom stereocenters. The van der Waals surface area contributed by atoms with Crippen LogP contribution in [0.1, 0.15) is 87.3 Å². The number of aromatic nitrogens is 2. The van der Waals surface area contributed by atoms with Crippen molar-refractivity contribution in [3.63, 3.8) is 0 Å². The van der Waals surface area contributed by atoms with Crippen LogP contribution in [-0.4, -0.2) is 64.3 Å². The van der Waals surface area contributed by atoms with Crippen molar-refractivity contribution in [3.05, 3.63) is 17.1 Å². The number of carbonyl (C=O) groups excluding carboxylic acids is 2. The topological polar surface area (TPSA) is 69.6 Å². The maximum atomic E-state index is 13.2. The Morgan fingerprint density at radius 2 is 1.78 bits per heavy atom. The van der Waals surface area contributed by atoms with Crippen LogP contribution in [0, 0.1) is 12.8 Å². The van der Waals surface area contributed by atoms with Crippen LogP contribution >= 0.6 is 0 Å². The fourth-order valence-electron chi connectivity index (χ4n) is 5.72. The van der Waals surface area contributed by atoms with E-state index in [4.69, 9.17) is 9.97 Å². The van der Waals surface area contributed by atoms with E-state index in [1.54, 1.807) is 0 Å². The molecule has 2 aliphatic carbocycles. The first-order valence-corrected chi connectivity index (χ1v) is 12.7. The Balaban J connectivity index is 1.34. The molecule has 4 aliphatic rings. The van der Waals surface area contributed by atoms with Gasteiger partial charge in [-0.25, -0.2) is 9.97 Å². The predicted molar refractivity (Wildman–Crippen MR) is 123 cm³/mol. The summed E-state index contributed by atoms with van der Waals surface area (Å²) in [5, 5.41) is 0. The van der Waals surface area contributed by atoms with E-state index in [9.17, 15) is 9.59 Å². The Morgan fingerprint density at radius 3 is 2.53 bits per heavy atom. The number of carbonyl (C=O) groups is 2. The van der Waals surface area contributed by atoms with Crippen molar-refractivity contribution in [1.29, 1.82) is 0 Å². The highest BCUT2D eigenvalue weighted by molar-refractivity contribution is 6.00. The Hall–Kier alpha value is -2.02. The van der Waals surface area contributed by atoms with Gasteiger partial charge in [0.25, 0.3) is 0 Å². The molecule has 0 N–H and O–H groups in total. The number of aryl methyl sites for hydroxylation is 1. The molecule has 174 valence electrons. The summed E-state index contributed by atoms with van der Waals surface area (Å²) < 4.78 is 0. The van der Waals surface area contributed by atoms with Crippen LogP contribution in [0.5, 0.6) is 0 Å². The van der Waals surface area contributed by atoms with Gasteiger partial charge < -0.3 is 4.90 Å². The van der Waals surface area contributed by atoms with Gasteiger partial charge in [0.15, 0.2) is 0 Å². The van der Waals surface area contributed by atoms with E-state index in [0.717, 1.165) is 68.1 Å². The fourth-order valence-corrected chi connectivity index (χ4v) is 5.72. The van der Waals surface area contributed by atoms with Crippen molar-refractivity contribution in [2.75, 3.05) is 31.6 Å². The highest BCUT2D eigenvalue weighted by Crippen LogP contribution is 2.37. The molecule has 1 saturated heterocycles. The number of hydrogen-bond acceptors (Lipinski definition) is 5. The molecule has 2 aliphatic heterocycles. The second-order valence-corrected chi connectivity index (χ2v) is 10.4. The number of fused-ring (bicyclic) bond motifs is 1. The Kier molecular flexibility index (Phi) is 6.19. The van der Waals surface area contributed by atoms with Crippen molar-refractivity contribution >= 4 is 17.6 Å². The molecule has 2 amide bonds. The third-order valence-electron chi connectivity index (χ3n) is 8.00. The standard InChI is InChI=1S/C25H37N5O2/c1-17-20-14-22(31)30(15-18-11-12-18)25(20)27-24(26-17)21-10-6-7-13-29(21)16-23(32)28(2)19-8-4-3-5-9-19/h18-19,21H,3-16H2,1-2H3. The molecule has 3 heterocycles. The van der Waals surface area contributed by atoms with Crippen molar-refractivity contribution in [2.45, 2.75) is 89.6 Å². The summed E-state index contributed by atoms with van der Waals surface area (Å²) in [5.41, 5.74) is 1.92. The molecule has 1 aromatic rings. The molecular formula is C25H37N5O2. The van der Waals surface area contributed by atoms with Crippen molar-refractivity contribution in [1.82, 2.24) is 19.8 Å². The van der Waals surface area contributed by atoms with Crippen LogP contribution < -0.4 is 4.90 Å². The lowest BCUT2D eigenvalue weighted by atomic mass is 9.94. The number of anilines is 1. The lowest BCUT2D eigenvalue weighted by Gasteiger charge is -2.37. The maximum Gasteiger partial charge on any atom is 0.236 e. The summed E-state index contributed by atoms with van der Waals surface area (Å²) in [5.74, 6) is 2.63. The van der Waals surface area contributed by atoms with Gasteiger partial charge in [0.2, 0.25) is 11.8 Å². The summed E-state index contributed by atoms with van der Waals surface area (Å²) >= 11 is 0. The zero-order valence-electron chi connectivity index (χ0n) is 19.7. The van der Waals surface area contributed by atoms with E-state index < -0.39 is 0 Å². The monoisotopic (exact) mass is 439 g/mol. The third-order valence-corrected chi connectivity index (χ3v) is 8.00. The molecule has 3 fully saturated rings. The van der Waals surface area contributed by atoms with Gasteiger partial charge >= 0.3 is 0 Å². The average molecular weight is 440 g/mol. The largest absolute Gasteiger partial charge is 0.342 e. The van der Waals surface area contributed by atoms with E-state index in [-0.39, 0.29) is 17.9 Å². The molecule has 1 unspecified atom stereocenters. The molecule has 32 heavy (non-hydrogen) atoms. The van der Waals surface area contributed by atoms with Gasteiger partial charge in [-0.05, 0) is 57.9 Å². The minimum atomic E-state index is 0.0509. The molecule has 2 saturated carbocycles. The summed E-state index contributed by atoms with van der Waals surface area (Å²) in [6.07, 6.45) is 12.1. The molecule has 0 spiro atoms. The normalized spacial score (nSPS) is 24.6. The zero-order chi connectivity index (χ0) is 22.2. The number of piperidine rings is 1. The van der Waals surface area contributed by atoms with Gasteiger partial charge in [0, 0.05) is 30.9 Å². The summed E-state index contributed by atoms with van der Waals surface area (Å²) in [4.78, 5) is 41.8. The summed E-state index contributed by atoms with van der Waals surface area (Å²) in [7, 11) is 1.98. The molecular weight excluding hydrogens is 402 g/mol. The number of amides is 2. The summed E-state index contributed by atoms with van der Waals surface area (Å²) in [6.45, 7) is 4.13. The van der Waals surface area contributed by atoms with Crippen molar-refractivity contribution in [3.8, 4) is 0 Å². The summed E-state index contributed by atoms with van der Waals surface area (Å²) in [6, 6.07) is 0.440. The predicted octanol–water partition coefficient (Wildman–Crippen LogP) is 3.40. The highest BCUT2D eigenvalue weighted by Gasteiger charge is 2.37. The van der Waals surface area contributed by atoms with E-state index >= 15 is 0 Å². The van der Waals surface area contributed by atoms with Crippen LogP contribution in [0.4, 0.5) is 5.82 Å². The smallest absolute Gasteiger partial charge is 0.236 e. The molecule has 0 radical (unpaired) electrons. The van der Waals surface area contributed by atoms with E-state index in [2.05, 4.69) is 4.90 Å². The minimum absolute atomic E-state index is 0.0509. The molecule has 1 aromatic heterocycles. The first kappa shape index (κ1) is 21.8. The van der Waals surface area contributed by atoms with Crippen LogP contribution in [-0.2, 0) is 16.0 Å². The zero-order valence-corrected chi connectivity index (χ0v) is 19.7. The van der Waals surface area contributed by atoms with Gasteiger partial charge in [0.05, 0.1) is 19.0 Å². The molecule has 0 aromatic carbocycles. The van der Waals surface area contributed by atoms with Gasteiger partial charge in [-0.3, -0.25) is 19.4 Å². The lowest BCUT2D eigenvalue weighted by molar-refractivity contribution is -0.134. The molecule has 7 nitrogen and oxygen atoms in total. The first-order chi connectivity index (χ1) is 15.5. The van der Waals surface area contributed by atoms with Crippen LogP contribution in [0.3, 0.4) is 0 Å². The third kappa shape index (κ3) is 4.41. The van der Waals surface area contributed by atoms with Crippen LogP contribution in [0.2, 0.25) is 0 Å². The van der Waals surface area contributed by atoms with Gasteiger partial charge in [-0.15, -0.1) is 0 Å². The molecule has 0 bridgehead atoms. The van der Waals surface area contributed by atoms with Gasteiger partial charge in [0.1, 0.15) is 11.6 Å². The first-order valence-electron chi connectivity index (χ1n) is 12.7. The maximum absolute atomic E-state index is 13.2. The number of likely N-dealkylation sites (tertiary alicyclic amines) is 1. The Bertz CT molecular complexity index is 877. The van der Waals surface area contributed by atoms with Gasteiger partial charge in [-0.2, -0.15) is 0 Å². The van der Waals surface area contributed by atoms with Crippen molar-refractivity contribution in [2.24, 2.45) is 5.92 Å². The lowest BCUT2D eigenvalue weighted by Crippen LogP contribution is -2.46. The van der Waals surface area contributed by atoms with Crippen molar-refractivity contribution < 1.29 is 9.59 Å². The number of likely N-dealkylation sites (N-methyl/N-ethyl adjacent to an activating group) is 1. The van der Waals surface area contributed by atoms with Gasteiger partial charge in [-0.1, -0.05) is 25.7 Å². The Labute approximate surface area is 191 Å². The van der Waals surface area contributed by atoms with E-state index in [0.29, 0.717) is 24.9 Å². The second kappa shape index (κ2) is 9.08. The fraction of sp³-hybridized carbons (Fsp3) is 0.760. The quantitative estimate of drug-likeness (QED) is 0.679. The minimum Gasteiger partial charge on any atom is -0.342 e. The van der Waals surface area contributed by atoms with E-state index in [1.165, 1.54) is 32.1 Å². The molecule has 5 rings (SSSR count). The molecule has 7 heteroatoms. The number of hydrogen-bond donors (Lipinski definition) is 0. The highest BCUT2D eigenvalue weighted by atomic mass is 16.2. The van der Waals surface area contributed by atoms with Crippen LogP contribution in [0.15, 0.2) is 0 Å².